The smallest absolute Gasteiger partial charge is 0.303 e. The molecule has 0 fully saturated rings. The van der Waals surface area contributed by atoms with Crippen molar-refractivity contribution >= 4 is 16.0 Å². The summed E-state index contributed by atoms with van der Waals surface area (Å²) >= 11 is 0. The van der Waals surface area contributed by atoms with E-state index in [2.05, 4.69) is 4.72 Å². The first kappa shape index (κ1) is 15.9. The summed E-state index contributed by atoms with van der Waals surface area (Å²) in [5, 5.41) is 16.8. The molecule has 17 heavy (non-hydrogen) atoms. The fourth-order valence-electron chi connectivity index (χ4n) is 1.25. The molecule has 0 heterocycles. The van der Waals surface area contributed by atoms with Crippen molar-refractivity contribution in [3.05, 3.63) is 0 Å². The van der Waals surface area contributed by atoms with Crippen molar-refractivity contribution in [1.82, 2.24) is 4.72 Å². The van der Waals surface area contributed by atoms with Gasteiger partial charge in [0.25, 0.3) is 0 Å². The van der Waals surface area contributed by atoms with Crippen LogP contribution < -0.4 is 4.72 Å². The van der Waals surface area contributed by atoms with Gasteiger partial charge in [-0.1, -0.05) is 13.8 Å². The summed E-state index contributed by atoms with van der Waals surface area (Å²) in [4.78, 5) is 10.4. The fourth-order valence-corrected chi connectivity index (χ4v) is 1.94. The van der Waals surface area contributed by atoms with E-state index < -0.39 is 21.7 Å². The Morgan fingerprint density at radius 1 is 1.41 bits per heavy atom. The lowest BCUT2D eigenvalue weighted by Crippen LogP contribution is -2.30. The van der Waals surface area contributed by atoms with Gasteiger partial charge in [-0.2, -0.15) is 5.26 Å². The molecule has 0 atom stereocenters. The number of nitriles is 1. The minimum absolute atomic E-state index is 0.0674. The molecular weight excluding hydrogens is 244 g/mol. The number of nitrogens with one attached hydrogen (secondary N) is 1. The second kappa shape index (κ2) is 6.57. The van der Waals surface area contributed by atoms with Crippen LogP contribution in [0.3, 0.4) is 0 Å². The van der Waals surface area contributed by atoms with Crippen LogP contribution in [0.1, 0.15) is 33.1 Å². The Hall–Kier alpha value is -1.13. The Kier molecular flexibility index (Phi) is 6.13. The van der Waals surface area contributed by atoms with Gasteiger partial charge in [0.1, 0.15) is 0 Å². The van der Waals surface area contributed by atoms with Crippen LogP contribution in [-0.4, -0.2) is 31.8 Å². The highest BCUT2D eigenvalue weighted by atomic mass is 32.2. The van der Waals surface area contributed by atoms with Gasteiger partial charge in [0.05, 0.1) is 6.07 Å². The van der Waals surface area contributed by atoms with Crippen LogP contribution in [0.4, 0.5) is 0 Å². The molecule has 0 spiro atoms. The van der Waals surface area contributed by atoms with Crippen molar-refractivity contribution in [2.75, 3.05) is 12.3 Å². The highest BCUT2D eigenvalue weighted by Crippen LogP contribution is 2.26. The summed E-state index contributed by atoms with van der Waals surface area (Å²) in [7, 11) is -3.51. The standard InChI is InChI=1S/C10H18N2O4S/c1-10(2,4-3-9(13)14)5-7-12-17(15,16)8-6-11/h12H,3-5,7-8H2,1-2H3,(H,13,14). The monoisotopic (exact) mass is 262 g/mol. The molecule has 7 heteroatoms. The number of aliphatic carboxylic acids is 1. The van der Waals surface area contributed by atoms with E-state index in [1.54, 1.807) is 6.07 Å². The molecule has 0 aromatic heterocycles. The van der Waals surface area contributed by atoms with Gasteiger partial charge in [0.2, 0.25) is 10.0 Å². The van der Waals surface area contributed by atoms with Gasteiger partial charge >= 0.3 is 5.97 Å². The van der Waals surface area contributed by atoms with Gasteiger partial charge in [0, 0.05) is 13.0 Å². The summed E-state index contributed by atoms with van der Waals surface area (Å²) < 4.78 is 24.6. The third kappa shape index (κ3) is 8.65. The maximum absolute atomic E-state index is 11.2. The van der Waals surface area contributed by atoms with Crippen LogP contribution >= 0.6 is 0 Å². The lowest BCUT2D eigenvalue weighted by atomic mass is 9.84. The molecule has 0 aliphatic carbocycles. The molecule has 0 aromatic rings. The summed E-state index contributed by atoms with van der Waals surface area (Å²) in [6, 6.07) is 1.57. The minimum atomic E-state index is -3.51. The van der Waals surface area contributed by atoms with Crippen molar-refractivity contribution in [2.45, 2.75) is 33.1 Å². The predicted molar refractivity (Wildman–Crippen MR) is 62.7 cm³/mol. The molecule has 0 aromatic carbocycles. The van der Waals surface area contributed by atoms with Crippen molar-refractivity contribution in [2.24, 2.45) is 5.41 Å². The molecular formula is C10H18N2O4S. The topological polar surface area (TPSA) is 107 Å². The third-order valence-electron chi connectivity index (χ3n) is 2.39. The molecule has 0 unspecified atom stereocenters. The van der Waals surface area contributed by atoms with E-state index in [9.17, 15) is 13.2 Å². The Bertz CT molecular complexity index is 395. The minimum Gasteiger partial charge on any atom is -0.481 e. The second-order valence-corrected chi connectivity index (χ2v) is 6.43. The Balaban J connectivity index is 4.03. The molecule has 0 saturated heterocycles. The van der Waals surface area contributed by atoms with Gasteiger partial charge < -0.3 is 5.11 Å². The van der Waals surface area contributed by atoms with Gasteiger partial charge in [-0.15, -0.1) is 0 Å². The fraction of sp³-hybridized carbons (Fsp3) is 0.800. The third-order valence-corrected chi connectivity index (χ3v) is 3.55. The second-order valence-electron chi connectivity index (χ2n) is 4.62. The molecule has 2 N–H and O–H groups in total. The van der Waals surface area contributed by atoms with Gasteiger partial charge in [-0.3, -0.25) is 4.79 Å². The zero-order valence-electron chi connectivity index (χ0n) is 10.1. The van der Waals surface area contributed by atoms with Gasteiger partial charge in [0.15, 0.2) is 5.75 Å². The molecule has 0 saturated carbocycles. The van der Waals surface area contributed by atoms with Crippen molar-refractivity contribution < 1.29 is 18.3 Å². The molecule has 98 valence electrons. The number of rotatable bonds is 8. The van der Waals surface area contributed by atoms with Crippen LogP contribution in [0.15, 0.2) is 0 Å². The average molecular weight is 262 g/mol. The zero-order chi connectivity index (χ0) is 13.5. The van der Waals surface area contributed by atoms with Crippen LogP contribution in [0, 0.1) is 16.7 Å². The molecule has 0 aliphatic heterocycles. The number of nitrogens with zero attached hydrogens (tertiary/aromatic N) is 1. The molecule has 6 nitrogen and oxygen atoms in total. The first-order chi connectivity index (χ1) is 7.68. The van der Waals surface area contributed by atoms with E-state index in [4.69, 9.17) is 10.4 Å². The highest BCUT2D eigenvalue weighted by molar-refractivity contribution is 7.89. The Labute approximate surface area is 102 Å². The molecule has 0 radical (unpaired) electrons. The normalized spacial score (nSPS) is 12.1. The zero-order valence-corrected chi connectivity index (χ0v) is 10.9. The number of sulfonamides is 1. The molecule has 0 rings (SSSR count). The maximum atomic E-state index is 11.2. The van der Waals surface area contributed by atoms with Crippen LogP contribution in [0.5, 0.6) is 0 Å². The first-order valence-electron chi connectivity index (χ1n) is 5.25. The summed E-state index contributed by atoms with van der Waals surface area (Å²) in [6.45, 7) is 3.99. The number of carboxylic acids is 1. The van der Waals surface area contributed by atoms with E-state index in [1.807, 2.05) is 13.8 Å². The van der Waals surface area contributed by atoms with Crippen molar-refractivity contribution in [3.63, 3.8) is 0 Å². The first-order valence-corrected chi connectivity index (χ1v) is 6.90. The number of hydrogen-bond donors (Lipinski definition) is 2. The van der Waals surface area contributed by atoms with E-state index >= 15 is 0 Å². The highest BCUT2D eigenvalue weighted by Gasteiger charge is 2.20. The van der Waals surface area contributed by atoms with Crippen molar-refractivity contribution in [3.8, 4) is 6.07 Å². The predicted octanol–water partition coefficient (Wildman–Crippen LogP) is 0.710. The Morgan fingerprint density at radius 3 is 2.47 bits per heavy atom. The van der Waals surface area contributed by atoms with Crippen molar-refractivity contribution in [1.29, 1.82) is 5.26 Å². The van der Waals surface area contributed by atoms with Crippen LogP contribution in [0.25, 0.3) is 0 Å². The number of carbonyl (C=O) groups is 1. The molecule has 0 amide bonds. The Morgan fingerprint density at radius 2 is 2.00 bits per heavy atom. The quantitative estimate of drug-likeness (QED) is 0.670. The van der Waals surface area contributed by atoms with E-state index in [1.165, 1.54) is 0 Å². The van der Waals surface area contributed by atoms with Crippen LogP contribution in [0.2, 0.25) is 0 Å². The van der Waals surface area contributed by atoms with Gasteiger partial charge in [-0.05, 0) is 18.3 Å². The van der Waals surface area contributed by atoms with Gasteiger partial charge in [-0.25, -0.2) is 13.1 Å². The largest absolute Gasteiger partial charge is 0.481 e. The molecule has 0 aliphatic rings. The number of hydrogen-bond acceptors (Lipinski definition) is 4. The SMILES string of the molecule is CC(C)(CCNS(=O)(=O)CC#N)CCC(=O)O. The number of carboxylic acid groups (broad SMARTS) is 1. The van der Waals surface area contributed by atoms with Crippen LogP contribution in [-0.2, 0) is 14.8 Å². The summed E-state index contributed by atoms with van der Waals surface area (Å²) in [5.74, 6) is -1.41. The van der Waals surface area contributed by atoms with E-state index in [-0.39, 0.29) is 18.4 Å². The summed E-state index contributed by atoms with van der Waals surface area (Å²) in [6.07, 6.45) is 1.09. The molecule has 0 bridgehead atoms. The van der Waals surface area contributed by atoms with E-state index in [0.717, 1.165) is 0 Å². The summed E-state index contributed by atoms with van der Waals surface area (Å²) in [5.41, 5.74) is -0.243. The van der Waals surface area contributed by atoms with E-state index in [0.29, 0.717) is 12.8 Å². The maximum Gasteiger partial charge on any atom is 0.303 e. The lowest BCUT2D eigenvalue weighted by molar-refractivity contribution is -0.137. The lowest BCUT2D eigenvalue weighted by Gasteiger charge is -2.23. The average Bonchev–Trinajstić information content (AvgIpc) is 2.14.